The lowest BCUT2D eigenvalue weighted by atomic mass is 10.2. The number of nitrogens with zero attached hydrogens (tertiary/aromatic N) is 1. The number of alkyl halides is 2. The molecule has 1 aromatic rings. The van der Waals surface area contributed by atoms with Gasteiger partial charge in [0.2, 0.25) is 0 Å². The van der Waals surface area contributed by atoms with Gasteiger partial charge in [-0.25, -0.2) is 14.6 Å². The van der Waals surface area contributed by atoms with Gasteiger partial charge in [-0.05, 0) is 11.6 Å². The van der Waals surface area contributed by atoms with Crippen molar-refractivity contribution in [2.75, 3.05) is 11.6 Å². The van der Waals surface area contributed by atoms with Crippen LogP contribution in [0.4, 0.5) is 14.5 Å². The fraction of sp³-hybridized carbons (Fsp3) is 0.273. The van der Waals surface area contributed by atoms with Crippen LogP contribution in [0.1, 0.15) is 5.56 Å². The second kappa shape index (κ2) is 4.68. The lowest BCUT2D eigenvalue weighted by molar-refractivity contribution is 0.186. The van der Waals surface area contributed by atoms with Gasteiger partial charge in [0, 0.05) is 13.1 Å². The van der Waals surface area contributed by atoms with E-state index in [9.17, 15) is 8.78 Å². The minimum atomic E-state index is -2.71. The molecular weight excluding hydrogens is 226 g/mol. The average molecular weight is 240 g/mol. The molecule has 2 rings (SSSR count). The van der Waals surface area contributed by atoms with Crippen molar-refractivity contribution in [1.29, 1.82) is 0 Å². The summed E-state index contributed by atoms with van der Waals surface area (Å²) in [4.78, 5) is 0. The number of benzene rings is 1. The predicted molar refractivity (Wildman–Crippen MR) is 62.0 cm³/mol. The van der Waals surface area contributed by atoms with E-state index >= 15 is 0 Å². The minimum absolute atomic E-state index is 0.213. The number of nitrogens with two attached hydrogens (primary N) is 2. The molecule has 0 aromatic heterocycles. The Morgan fingerprint density at radius 2 is 2.00 bits per heavy atom. The van der Waals surface area contributed by atoms with E-state index < -0.39 is 12.1 Å². The SMILES string of the molecule is N/C(=C1/CNCc2ccccc2N1N)C(F)F. The van der Waals surface area contributed by atoms with Crippen LogP contribution in [0.15, 0.2) is 35.7 Å². The van der Waals surface area contributed by atoms with Crippen LogP contribution in [0.5, 0.6) is 0 Å². The standard InChI is InChI=1S/C11H14F2N4/c12-11(13)10(14)9-6-16-5-7-3-1-2-4-8(7)17(9)15/h1-4,11,16H,5-6,14-15H2/b10-9-. The number of para-hydroxylation sites is 1. The third-order valence-electron chi connectivity index (χ3n) is 2.72. The number of fused-ring (bicyclic) bond motifs is 1. The van der Waals surface area contributed by atoms with Crippen LogP contribution in [0.25, 0.3) is 0 Å². The molecule has 4 nitrogen and oxygen atoms in total. The quantitative estimate of drug-likeness (QED) is 0.638. The summed E-state index contributed by atoms with van der Waals surface area (Å²) in [6, 6.07) is 7.35. The van der Waals surface area contributed by atoms with Crippen molar-refractivity contribution < 1.29 is 8.78 Å². The molecule has 6 heteroatoms. The zero-order valence-electron chi connectivity index (χ0n) is 9.16. The monoisotopic (exact) mass is 240 g/mol. The molecule has 5 N–H and O–H groups in total. The van der Waals surface area contributed by atoms with Crippen LogP contribution < -0.4 is 21.9 Å². The summed E-state index contributed by atoms with van der Waals surface area (Å²) >= 11 is 0. The van der Waals surface area contributed by atoms with Crippen molar-refractivity contribution in [3.63, 3.8) is 0 Å². The highest BCUT2D eigenvalue weighted by Gasteiger charge is 2.22. The Morgan fingerprint density at radius 3 is 2.71 bits per heavy atom. The van der Waals surface area contributed by atoms with Gasteiger partial charge in [0.1, 0.15) is 0 Å². The van der Waals surface area contributed by atoms with Gasteiger partial charge in [-0.1, -0.05) is 18.2 Å². The summed E-state index contributed by atoms with van der Waals surface area (Å²) in [5.41, 5.74) is 6.74. The van der Waals surface area contributed by atoms with Crippen molar-refractivity contribution >= 4 is 5.69 Å². The van der Waals surface area contributed by atoms with E-state index in [1.807, 2.05) is 12.1 Å². The van der Waals surface area contributed by atoms with Crippen LogP contribution in [0, 0.1) is 0 Å². The molecule has 0 amide bonds. The van der Waals surface area contributed by atoms with Gasteiger partial charge in [-0.3, -0.25) is 5.01 Å². The van der Waals surface area contributed by atoms with Gasteiger partial charge in [0.25, 0.3) is 6.43 Å². The van der Waals surface area contributed by atoms with E-state index in [0.717, 1.165) is 5.56 Å². The highest BCUT2D eigenvalue weighted by atomic mass is 19.3. The van der Waals surface area contributed by atoms with Gasteiger partial charge >= 0.3 is 0 Å². The summed E-state index contributed by atoms with van der Waals surface area (Å²) in [7, 11) is 0. The number of hydrogen-bond donors (Lipinski definition) is 3. The molecule has 1 aromatic carbocycles. The van der Waals surface area contributed by atoms with Crippen LogP contribution in [0.2, 0.25) is 0 Å². The largest absolute Gasteiger partial charge is 0.396 e. The van der Waals surface area contributed by atoms with E-state index in [4.69, 9.17) is 11.6 Å². The number of anilines is 1. The second-order valence-corrected chi connectivity index (χ2v) is 3.81. The Morgan fingerprint density at radius 1 is 1.29 bits per heavy atom. The Kier molecular flexibility index (Phi) is 3.26. The number of halogens is 2. The molecule has 0 spiro atoms. The summed E-state index contributed by atoms with van der Waals surface area (Å²) in [5.74, 6) is 5.85. The molecule has 1 heterocycles. The first-order valence-electron chi connectivity index (χ1n) is 5.21. The third kappa shape index (κ3) is 2.22. The molecule has 0 aliphatic carbocycles. The first kappa shape index (κ1) is 11.8. The summed E-state index contributed by atoms with van der Waals surface area (Å²) in [6.07, 6.45) is -2.71. The number of hydrazine groups is 1. The maximum absolute atomic E-state index is 12.6. The molecule has 0 atom stereocenters. The predicted octanol–water partition coefficient (Wildman–Crippen LogP) is 0.905. The van der Waals surface area contributed by atoms with Crippen LogP contribution in [-0.2, 0) is 6.54 Å². The van der Waals surface area contributed by atoms with E-state index in [2.05, 4.69) is 5.32 Å². The molecule has 0 radical (unpaired) electrons. The smallest absolute Gasteiger partial charge is 0.279 e. The van der Waals surface area contributed by atoms with Gasteiger partial charge in [-0.15, -0.1) is 0 Å². The van der Waals surface area contributed by atoms with Gasteiger partial charge in [-0.2, -0.15) is 0 Å². The Labute approximate surface area is 97.9 Å². The minimum Gasteiger partial charge on any atom is -0.396 e. The van der Waals surface area contributed by atoms with E-state index in [0.29, 0.717) is 12.2 Å². The molecule has 0 saturated heterocycles. The van der Waals surface area contributed by atoms with Gasteiger partial charge in [0.05, 0.1) is 17.1 Å². The zero-order valence-corrected chi connectivity index (χ0v) is 9.16. The molecular formula is C11H14F2N4. The first-order valence-corrected chi connectivity index (χ1v) is 5.21. The van der Waals surface area contributed by atoms with Crippen molar-refractivity contribution in [2.24, 2.45) is 11.6 Å². The average Bonchev–Trinajstić information content (AvgIpc) is 2.48. The van der Waals surface area contributed by atoms with Gasteiger partial charge in [0.15, 0.2) is 0 Å². The first-order chi connectivity index (χ1) is 8.11. The van der Waals surface area contributed by atoms with Crippen LogP contribution in [0.3, 0.4) is 0 Å². The highest BCUT2D eigenvalue weighted by Crippen LogP contribution is 2.25. The second-order valence-electron chi connectivity index (χ2n) is 3.81. The highest BCUT2D eigenvalue weighted by molar-refractivity contribution is 5.58. The molecule has 0 unspecified atom stereocenters. The fourth-order valence-electron chi connectivity index (χ4n) is 1.81. The molecule has 17 heavy (non-hydrogen) atoms. The summed E-state index contributed by atoms with van der Waals surface area (Å²) in [6.45, 7) is 0.797. The zero-order chi connectivity index (χ0) is 12.4. The van der Waals surface area contributed by atoms with Crippen LogP contribution in [-0.4, -0.2) is 13.0 Å². The van der Waals surface area contributed by atoms with Crippen molar-refractivity contribution in [3.05, 3.63) is 41.2 Å². The maximum atomic E-state index is 12.6. The summed E-state index contributed by atoms with van der Waals surface area (Å²) in [5, 5.41) is 4.26. The molecule has 0 saturated carbocycles. The van der Waals surface area contributed by atoms with Gasteiger partial charge < -0.3 is 11.1 Å². The molecule has 92 valence electrons. The maximum Gasteiger partial charge on any atom is 0.279 e. The number of rotatable bonds is 1. The molecule has 0 fully saturated rings. The van der Waals surface area contributed by atoms with E-state index in [1.54, 1.807) is 12.1 Å². The van der Waals surface area contributed by atoms with E-state index in [1.165, 1.54) is 5.01 Å². The summed E-state index contributed by atoms with van der Waals surface area (Å²) < 4.78 is 25.2. The van der Waals surface area contributed by atoms with Crippen molar-refractivity contribution in [3.8, 4) is 0 Å². The van der Waals surface area contributed by atoms with E-state index in [-0.39, 0.29) is 12.2 Å². The lowest BCUT2D eigenvalue weighted by Gasteiger charge is -2.22. The van der Waals surface area contributed by atoms with Crippen molar-refractivity contribution in [1.82, 2.24) is 5.32 Å². The Bertz CT molecular complexity index is 445. The molecule has 0 bridgehead atoms. The number of allylic oxidation sites excluding steroid dienone is 1. The fourth-order valence-corrected chi connectivity index (χ4v) is 1.81. The lowest BCUT2D eigenvalue weighted by Crippen LogP contribution is -2.36. The van der Waals surface area contributed by atoms with Crippen LogP contribution >= 0.6 is 0 Å². The van der Waals surface area contributed by atoms with Crippen molar-refractivity contribution in [2.45, 2.75) is 13.0 Å². The molecule has 1 aliphatic rings. The number of hydrogen-bond acceptors (Lipinski definition) is 4. The Hall–Kier alpha value is -1.66. The topological polar surface area (TPSA) is 67.3 Å². The molecule has 1 aliphatic heterocycles. The normalized spacial score (nSPS) is 18.9. The Balaban J connectivity index is 2.45. The number of nitrogens with one attached hydrogen (secondary N) is 1. The third-order valence-corrected chi connectivity index (χ3v) is 2.72.